The van der Waals surface area contributed by atoms with Gasteiger partial charge in [0.2, 0.25) is 0 Å². The van der Waals surface area contributed by atoms with Gasteiger partial charge in [-0.25, -0.2) is 0 Å². The molecule has 0 saturated heterocycles. The van der Waals surface area contributed by atoms with Crippen molar-refractivity contribution in [3.8, 4) is 0 Å². The Bertz CT molecular complexity index is 1720. The van der Waals surface area contributed by atoms with E-state index in [4.69, 9.17) is 9.47 Å². The van der Waals surface area contributed by atoms with E-state index in [1.807, 2.05) is 5.79 Å². The number of rotatable bonds is 60. The van der Waals surface area contributed by atoms with Crippen LogP contribution in [0, 0.1) is 0 Å². The van der Waals surface area contributed by atoms with E-state index in [1.54, 1.807) is 46.8 Å². The molecule has 3 rings (SSSR count). The Balaban J connectivity index is 2.45. The van der Waals surface area contributed by atoms with Crippen molar-refractivity contribution >= 4 is 83.7 Å². The van der Waals surface area contributed by atoms with Crippen LogP contribution in [0.15, 0.2) is 35.8 Å². The van der Waals surface area contributed by atoms with Crippen molar-refractivity contribution in [2.75, 3.05) is 13.2 Å². The van der Waals surface area contributed by atoms with Crippen LogP contribution in [0.2, 0.25) is 38.7 Å². The summed E-state index contributed by atoms with van der Waals surface area (Å²) in [7, 11) is -2.50. The molecule has 0 aliphatic carbocycles. The molecule has 0 amide bonds. The fraction of sp³-hybridized carbons (Fsp3) is 0.842. The average molecular weight is 1420 g/mol. The van der Waals surface area contributed by atoms with E-state index >= 15 is 0 Å². The molecule has 0 N–H and O–H groups in total. The van der Waals surface area contributed by atoms with Crippen molar-refractivity contribution in [2.45, 2.75) is 390 Å². The van der Waals surface area contributed by atoms with Crippen LogP contribution < -0.4 is 5.79 Å². The molecule has 1 aliphatic heterocycles. The van der Waals surface area contributed by atoms with Gasteiger partial charge in [0.1, 0.15) is 0 Å². The van der Waals surface area contributed by atoms with E-state index in [0.29, 0.717) is 0 Å². The fourth-order valence-corrected chi connectivity index (χ4v) is 61.6. The second-order valence-electron chi connectivity index (χ2n) is 27.1. The molecule has 0 atom stereocenters. The molecule has 1 aliphatic rings. The Hall–Kier alpha value is 0.294. The van der Waals surface area contributed by atoms with E-state index in [-0.39, 0.29) is 0 Å². The standard InChI is InChI=1S/C52H88O2S2Si.6C4H9.2Sn/c1-5-9-13-17-21-23-25-27-29-33-41-53-49-50(54-42-34-30-28-26-24-22-18-14-10-6-2)52(48-40-38-44-56-48)57(45-35-31-19-15-11-7-3,46-36-32-20-16-12-8-4)51(49)47-39-37-43-55-47;6*1-3-4-2;;/h37-40H,5-36,41-42,45-46H2,1-4H3;6*1,3-4H2,2H3;;. The van der Waals surface area contributed by atoms with E-state index in [2.05, 4.69) is 116 Å². The summed E-state index contributed by atoms with van der Waals surface area (Å²) in [6.45, 7) is 25.9. The van der Waals surface area contributed by atoms with Crippen molar-refractivity contribution in [1.29, 1.82) is 0 Å². The Morgan fingerprint density at radius 2 is 0.506 bits per heavy atom. The first-order valence-electron chi connectivity index (χ1n) is 37.8. The Morgan fingerprint density at radius 1 is 0.277 bits per heavy atom. The first-order valence-corrected chi connectivity index (χ1v) is 56.8. The summed E-state index contributed by atoms with van der Waals surface area (Å²) in [4.78, 5) is 3.28. The van der Waals surface area contributed by atoms with Crippen molar-refractivity contribution in [2.24, 2.45) is 0 Å². The predicted molar refractivity (Wildman–Crippen MR) is 389 cm³/mol. The zero-order valence-corrected chi connectivity index (χ0v) is 66.0. The quantitative estimate of drug-likeness (QED) is 0.0485. The van der Waals surface area contributed by atoms with Gasteiger partial charge in [-0.15, -0.1) is 0 Å². The van der Waals surface area contributed by atoms with Gasteiger partial charge >= 0.3 is 450 Å². The van der Waals surface area contributed by atoms with Crippen molar-refractivity contribution in [3.05, 3.63) is 45.5 Å². The van der Waals surface area contributed by atoms with Gasteiger partial charge < -0.3 is 0 Å². The summed E-state index contributed by atoms with van der Waals surface area (Å²) < 4.78 is 28.7. The minimum absolute atomic E-state index is 0.831. The van der Waals surface area contributed by atoms with Crippen molar-refractivity contribution in [3.63, 3.8) is 0 Å². The van der Waals surface area contributed by atoms with Gasteiger partial charge in [0.15, 0.2) is 0 Å². The Morgan fingerprint density at radius 3 is 0.759 bits per heavy atom. The SMILES string of the molecule is CCCCCCCCCCCCOC1=C(c2cc[c]([Sn]([CH2]CCC)([CH2]CCC)[CH2]CCC)s2)[Si](CCCCCCCC)(CCCCCCCC)C(c2cc[c]([Sn]([CH2]CCC)([CH2]CCC)[CH2]CCC)s2)=C1OCCCCCCCCCCCC. The number of unbranched alkanes of at least 4 members (excludes halogenated alkanes) is 34. The summed E-state index contributed by atoms with van der Waals surface area (Å²) in [5.41, 5.74) is 0. The minimum atomic E-state index is -2.77. The predicted octanol–water partition coefficient (Wildman–Crippen LogP) is 27.2. The molecule has 0 spiro atoms. The third kappa shape index (κ3) is 28.6. The molecule has 0 saturated carbocycles. The Kier molecular flexibility index (Phi) is 46.7. The number of hydrogen-bond acceptors (Lipinski definition) is 4. The second-order valence-corrected chi connectivity index (χ2v) is 61.8. The number of hydrogen-bond donors (Lipinski definition) is 0. The summed E-state index contributed by atoms with van der Waals surface area (Å²) >= 11 is -0.824. The van der Waals surface area contributed by atoms with Crippen LogP contribution in [0.3, 0.4) is 0 Å². The topological polar surface area (TPSA) is 18.5 Å². The van der Waals surface area contributed by atoms with E-state index in [0.717, 1.165) is 26.1 Å². The van der Waals surface area contributed by atoms with Gasteiger partial charge in [-0.3, -0.25) is 0 Å². The summed E-state index contributed by atoms with van der Waals surface area (Å²) in [5, 5.41) is 3.48. The van der Waals surface area contributed by atoms with E-state index in [1.165, 1.54) is 293 Å². The maximum atomic E-state index is 7.83. The van der Waals surface area contributed by atoms with E-state index in [9.17, 15) is 0 Å². The molecule has 2 aromatic heterocycles. The summed E-state index contributed by atoms with van der Waals surface area (Å²) in [5.74, 6) is 2.54. The van der Waals surface area contributed by atoms with Crippen molar-refractivity contribution in [1.82, 2.24) is 0 Å². The first-order chi connectivity index (χ1) is 40.8. The van der Waals surface area contributed by atoms with Crippen LogP contribution in [-0.2, 0) is 9.47 Å². The van der Waals surface area contributed by atoms with Crippen molar-refractivity contribution < 1.29 is 9.47 Å². The third-order valence-corrected chi connectivity index (χ3v) is 64.3. The van der Waals surface area contributed by atoms with Crippen LogP contribution in [0.5, 0.6) is 0 Å². The van der Waals surface area contributed by atoms with Gasteiger partial charge in [-0.1, -0.05) is 91.9 Å². The molecule has 2 nitrogen and oxygen atoms in total. The van der Waals surface area contributed by atoms with Crippen LogP contribution in [-0.4, -0.2) is 58.0 Å². The zero-order chi connectivity index (χ0) is 60.0. The maximum absolute atomic E-state index is 7.83. The van der Waals surface area contributed by atoms with Crippen LogP contribution in [0.25, 0.3) is 10.4 Å². The Labute approximate surface area is 537 Å². The average Bonchev–Trinajstić information content (AvgIpc) is 3.87. The molecule has 0 unspecified atom stereocenters. The molecule has 2 aromatic rings. The molecule has 482 valence electrons. The van der Waals surface area contributed by atoms with E-state index < -0.39 is 44.8 Å². The first kappa shape index (κ1) is 77.5. The monoisotopic (exact) mass is 1420 g/mol. The fourth-order valence-electron chi connectivity index (χ4n) is 14.4. The van der Waals surface area contributed by atoms with Gasteiger partial charge in [0.25, 0.3) is 0 Å². The molecule has 0 fully saturated rings. The second kappa shape index (κ2) is 50.0. The summed E-state index contributed by atoms with van der Waals surface area (Å²) in [6.07, 6.45) is 60.1. The van der Waals surface area contributed by atoms with Crippen LogP contribution in [0.1, 0.15) is 362 Å². The van der Waals surface area contributed by atoms with Gasteiger partial charge in [0, 0.05) is 0 Å². The molecule has 7 heteroatoms. The number of thiophene rings is 2. The molecule has 0 aromatic carbocycles. The van der Waals surface area contributed by atoms with Crippen LogP contribution >= 0.6 is 22.7 Å². The molecule has 83 heavy (non-hydrogen) atoms. The van der Waals surface area contributed by atoms with Gasteiger partial charge in [0.05, 0.1) is 0 Å². The smallest absolute Gasteiger partial charge is 0.0654 e. The molecule has 0 bridgehead atoms. The molecular weight excluding hydrogens is 1270 g/mol. The van der Waals surface area contributed by atoms with Gasteiger partial charge in [-0.2, -0.15) is 0 Å². The summed E-state index contributed by atoms with van der Waals surface area (Å²) in [6, 6.07) is 13.8. The minimum Gasteiger partial charge on any atom is -0.0654 e. The van der Waals surface area contributed by atoms with Crippen LogP contribution in [0.4, 0.5) is 0 Å². The molecule has 0 radical (unpaired) electrons. The molecular formula is C76H142O2S2SiSn2. The number of ether oxygens (including phenoxy) is 2. The normalized spacial score (nSPS) is 13.9. The third-order valence-electron chi connectivity index (χ3n) is 19.8. The molecule has 3 heterocycles. The zero-order valence-electron chi connectivity index (χ0n) is 57.6. The van der Waals surface area contributed by atoms with Gasteiger partial charge in [-0.05, 0) is 0 Å².